The maximum atomic E-state index is 13.2. The number of rotatable bonds is 3. The first kappa shape index (κ1) is 11.8. The number of nitrogens with zero attached hydrogens (tertiary/aromatic N) is 2. The van der Waals surface area contributed by atoms with E-state index in [0.717, 1.165) is 17.0 Å². The molecule has 90 valence electrons. The third-order valence-corrected chi connectivity index (χ3v) is 2.88. The van der Waals surface area contributed by atoms with Crippen LogP contribution in [0.4, 0.5) is 4.39 Å². The Morgan fingerprint density at radius 3 is 2.71 bits per heavy atom. The van der Waals surface area contributed by atoms with Crippen LogP contribution in [0.3, 0.4) is 0 Å². The third-order valence-electron chi connectivity index (χ3n) is 2.88. The standard InChI is InChI=1S/C13H16FN3/c1-9-6-13(17(2)16-9)12(8-15)10-4-3-5-11(14)7-10/h3-7,12H,8,15H2,1-2H3. The second-order valence-electron chi connectivity index (χ2n) is 4.18. The van der Waals surface area contributed by atoms with Crippen LogP contribution in [0.15, 0.2) is 30.3 Å². The number of benzene rings is 1. The fourth-order valence-corrected chi connectivity index (χ4v) is 2.11. The van der Waals surface area contributed by atoms with Gasteiger partial charge in [0.05, 0.1) is 5.69 Å². The van der Waals surface area contributed by atoms with Gasteiger partial charge in [0, 0.05) is 25.2 Å². The molecular formula is C13H16FN3. The van der Waals surface area contributed by atoms with E-state index in [1.54, 1.807) is 10.7 Å². The third kappa shape index (κ3) is 2.36. The minimum Gasteiger partial charge on any atom is -0.329 e. The summed E-state index contributed by atoms with van der Waals surface area (Å²) in [5.41, 5.74) is 8.64. The van der Waals surface area contributed by atoms with Crippen molar-refractivity contribution in [3.63, 3.8) is 0 Å². The van der Waals surface area contributed by atoms with E-state index >= 15 is 0 Å². The summed E-state index contributed by atoms with van der Waals surface area (Å²) in [6.45, 7) is 2.37. The second kappa shape index (κ2) is 4.67. The Kier molecular flexibility index (Phi) is 3.24. The highest BCUT2D eigenvalue weighted by molar-refractivity contribution is 5.30. The Balaban J connectivity index is 2.43. The van der Waals surface area contributed by atoms with Crippen LogP contribution in [-0.4, -0.2) is 16.3 Å². The maximum Gasteiger partial charge on any atom is 0.123 e. The summed E-state index contributed by atoms with van der Waals surface area (Å²) < 4.78 is 15.0. The molecule has 0 radical (unpaired) electrons. The van der Waals surface area contributed by atoms with Crippen LogP contribution >= 0.6 is 0 Å². The number of nitrogens with two attached hydrogens (primary N) is 1. The van der Waals surface area contributed by atoms with Gasteiger partial charge in [0.25, 0.3) is 0 Å². The van der Waals surface area contributed by atoms with E-state index in [4.69, 9.17) is 5.73 Å². The molecule has 0 aliphatic carbocycles. The van der Waals surface area contributed by atoms with Crippen molar-refractivity contribution in [3.8, 4) is 0 Å². The van der Waals surface area contributed by atoms with Gasteiger partial charge in [-0.05, 0) is 30.7 Å². The van der Waals surface area contributed by atoms with Crippen LogP contribution in [0.25, 0.3) is 0 Å². The fourth-order valence-electron chi connectivity index (χ4n) is 2.11. The Bertz CT molecular complexity index is 519. The van der Waals surface area contributed by atoms with Crippen LogP contribution in [0.5, 0.6) is 0 Å². The zero-order chi connectivity index (χ0) is 12.4. The molecule has 0 bridgehead atoms. The minimum absolute atomic E-state index is 0.0168. The quantitative estimate of drug-likeness (QED) is 0.880. The molecule has 2 rings (SSSR count). The monoisotopic (exact) mass is 233 g/mol. The highest BCUT2D eigenvalue weighted by Gasteiger charge is 2.17. The number of aryl methyl sites for hydroxylation is 2. The summed E-state index contributed by atoms with van der Waals surface area (Å²) in [4.78, 5) is 0. The molecule has 0 fully saturated rings. The van der Waals surface area contributed by atoms with Crippen molar-refractivity contribution in [1.82, 2.24) is 9.78 Å². The smallest absolute Gasteiger partial charge is 0.123 e. The molecule has 17 heavy (non-hydrogen) atoms. The van der Waals surface area contributed by atoms with Crippen LogP contribution in [-0.2, 0) is 7.05 Å². The lowest BCUT2D eigenvalue weighted by Crippen LogP contribution is -2.17. The number of hydrogen-bond acceptors (Lipinski definition) is 2. The molecule has 1 heterocycles. The lowest BCUT2D eigenvalue weighted by Gasteiger charge is -2.15. The molecule has 1 atom stereocenters. The number of aromatic nitrogens is 2. The van der Waals surface area contributed by atoms with Crippen molar-refractivity contribution in [1.29, 1.82) is 0 Å². The number of hydrogen-bond donors (Lipinski definition) is 1. The molecule has 0 aliphatic heterocycles. The Hall–Kier alpha value is -1.68. The first-order valence-electron chi connectivity index (χ1n) is 5.58. The van der Waals surface area contributed by atoms with E-state index < -0.39 is 0 Å². The molecule has 1 unspecified atom stereocenters. The highest BCUT2D eigenvalue weighted by Crippen LogP contribution is 2.24. The maximum absolute atomic E-state index is 13.2. The van der Waals surface area contributed by atoms with Crippen molar-refractivity contribution < 1.29 is 4.39 Å². The topological polar surface area (TPSA) is 43.8 Å². The van der Waals surface area contributed by atoms with Gasteiger partial charge in [-0.1, -0.05) is 12.1 Å². The van der Waals surface area contributed by atoms with Crippen molar-refractivity contribution in [2.45, 2.75) is 12.8 Å². The van der Waals surface area contributed by atoms with Gasteiger partial charge < -0.3 is 5.73 Å². The number of halogens is 1. The average molecular weight is 233 g/mol. The van der Waals surface area contributed by atoms with E-state index in [1.165, 1.54) is 12.1 Å². The van der Waals surface area contributed by atoms with Crippen molar-refractivity contribution in [2.24, 2.45) is 12.8 Å². The van der Waals surface area contributed by atoms with Gasteiger partial charge in [0.2, 0.25) is 0 Å². The minimum atomic E-state index is -0.236. The lowest BCUT2D eigenvalue weighted by molar-refractivity contribution is 0.617. The van der Waals surface area contributed by atoms with Crippen LogP contribution in [0.2, 0.25) is 0 Å². The summed E-state index contributed by atoms with van der Waals surface area (Å²) in [6, 6.07) is 8.55. The van der Waals surface area contributed by atoms with Gasteiger partial charge in [0.1, 0.15) is 5.82 Å². The first-order chi connectivity index (χ1) is 8.11. The van der Waals surface area contributed by atoms with E-state index in [0.29, 0.717) is 6.54 Å². The van der Waals surface area contributed by atoms with E-state index in [1.807, 2.05) is 26.1 Å². The van der Waals surface area contributed by atoms with Gasteiger partial charge in [-0.2, -0.15) is 5.10 Å². The van der Waals surface area contributed by atoms with Crippen LogP contribution in [0.1, 0.15) is 22.9 Å². The largest absolute Gasteiger partial charge is 0.329 e. The summed E-state index contributed by atoms with van der Waals surface area (Å²) in [7, 11) is 1.88. The predicted molar refractivity (Wildman–Crippen MR) is 65.2 cm³/mol. The van der Waals surface area contributed by atoms with Crippen molar-refractivity contribution in [2.75, 3.05) is 6.54 Å². The summed E-state index contributed by atoms with van der Waals surface area (Å²) in [5, 5.41) is 4.30. The highest BCUT2D eigenvalue weighted by atomic mass is 19.1. The van der Waals surface area contributed by atoms with Crippen molar-refractivity contribution in [3.05, 3.63) is 53.1 Å². The zero-order valence-electron chi connectivity index (χ0n) is 10.0. The normalized spacial score (nSPS) is 12.7. The molecule has 1 aromatic heterocycles. The zero-order valence-corrected chi connectivity index (χ0v) is 10.0. The summed E-state index contributed by atoms with van der Waals surface area (Å²) in [6.07, 6.45) is 0. The second-order valence-corrected chi connectivity index (χ2v) is 4.18. The predicted octanol–water partition coefficient (Wildman–Crippen LogP) is 1.96. The molecule has 2 aromatic rings. The molecule has 4 heteroatoms. The Morgan fingerprint density at radius 2 is 2.18 bits per heavy atom. The molecule has 0 spiro atoms. The van der Waals surface area contributed by atoms with E-state index in [2.05, 4.69) is 5.10 Å². The molecule has 0 amide bonds. The summed E-state index contributed by atoms with van der Waals surface area (Å²) >= 11 is 0. The molecule has 0 aliphatic rings. The molecule has 0 saturated carbocycles. The SMILES string of the molecule is Cc1cc(C(CN)c2cccc(F)c2)n(C)n1. The van der Waals surface area contributed by atoms with Gasteiger partial charge in [-0.25, -0.2) is 4.39 Å². The molecule has 2 N–H and O–H groups in total. The van der Waals surface area contributed by atoms with Crippen molar-refractivity contribution >= 4 is 0 Å². The van der Waals surface area contributed by atoms with Crippen LogP contribution < -0.4 is 5.73 Å². The van der Waals surface area contributed by atoms with E-state index in [9.17, 15) is 4.39 Å². The molecule has 1 aromatic carbocycles. The summed E-state index contributed by atoms with van der Waals surface area (Å²) in [5.74, 6) is -0.253. The van der Waals surface area contributed by atoms with Gasteiger partial charge in [0.15, 0.2) is 0 Å². The lowest BCUT2D eigenvalue weighted by atomic mass is 9.95. The van der Waals surface area contributed by atoms with Gasteiger partial charge in [-0.3, -0.25) is 4.68 Å². The molecule has 0 saturated heterocycles. The Labute approximate surface area is 100 Å². The van der Waals surface area contributed by atoms with Gasteiger partial charge in [-0.15, -0.1) is 0 Å². The van der Waals surface area contributed by atoms with Gasteiger partial charge >= 0.3 is 0 Å². The molecule has 3 nitrogen and oxygen atoms in total. The first-order valence-corrected chi connectivity index (χ1v) is 5.58. The molecular weight excluding hydrogens is 217 g/mol. The van der Waals surface area contributed by atoms with Crippen LogP contribution in [0, 0.1) is 12.7 Å². The average Bonchev–Trinajstić information content (AvgIpc) is 2.59. The fraction of sp³-hybridized carbons (Fsp3) is 0.308. The Morgan fingerprint density at radius 1 is 1.41 bits per heavy atom. The van der Waals surface area contributed by atoms with E-state index in [-0.39, 0.29) is 11.7 Å².